The summed E-state index contributed by atoms with van der Waals surface area (Å²) in [4.78, 5) is 18.1. The fraction of sp³-hybridized carbons (Fsp3) is 0.500. The molecule has 2 aromatic rings. The van der Waals surface area contributed by atoms with Crippen LogP contribution in [0, 0.1) is 6.92 Å². The Morgan fingerprint density at radius 1 is 1.09 bits per heavy atom. The normalized spacial score (nSPS) is 12.3. The largest absolute Gasteiger partial charge is 0.378 e. The molecule has 3 rings (SSSR count). The van der Waals surface area contributed by atoms with Gasteiger partial charge in [0.1, 0.15) is 0 Å². The Hall–Kier alpha value is -2.66. The summed E-state index contributed by atoms with van der Waals surface area (Å²) in [5.74, 6) is 0.0238. The highest BCUT2D eigenvalue weighted by molar-refractivity contribution is 6.00. The maximum Gasteiger partial charge on any atom is 0.224 e. The number of carbonyl (C=O) groups is 1. The number of pyridine rings is 1. The predicted molar refractivity (Wildman–Crippen MR) is 148 cm³/mol. The number of nitrogens with one attached hydrogen (secondary N) is 1. The lowest BCUT2D eigenvalue weighted by Gasteiger charge is -2.24. The number of amides is 1. The molecule has 0 atom stereocenters. The van der Waals surface area contributed by atoms with Crippen molar-refractivity contribution in [3.05, 3.63) is 60.5 Å². The van der Waals surface area contributed by atoms with Gasteiger partial charge in [-0.25, -0.2) is 0 Å². The van der Waals surface area contributed by atoms with Gasteiger partial charge in [0.2, 0.25) is 5.91 Å². The van der Waals surface area contributed by atoms with E-state index in [4.69, 9.17) is 4.74 Å². The number of anilines is 1. The van der Waals surface area contributed by atoms with Crippen LogP contribution < -0.4 is 5.32 Å². The Kier molecular flexibility index (Phi) is 22.4. The summed E-state index contributed by atoms with van der Waals surface area (Å²) in [5, 5.41) is 3.88. The van der Waals surface area contributed by atoms with Gasteiger partial charge >= 0.3 is 0 Å². The number of benzene rings is 1. The van der Waals surface area contributed by atoms with Crippen molar-refractivity contribution >= 4 is 22.5 Å². The van der Waals surface area contributed by atoms with Gasteiger partial charge in [0, 0.05) is 30.6 Å². The first-order valence-corrected chi connectivity index (χ1v) is 10.8. The SMILES string of the molecule is C.C.C.CC=CC.CCC(=O)Nc1cc(C)nc2ccccc12.CCC=CN1CCOCC1. The highest BCUT2D eigenvalue weighted by atomic mass is 16.5. The molecular weight excluding hydrogens is 410 g/mol. The van der Waals surface area contributed by atoms with Crippen molar-refractivity contribution in [1.82, 2.24) is 9.88 Å². The molecule has 0 saturated carbocycles. The highest BCUT2D eigenvalue weighted by Gasteiger charge is 2.06. The van der Waals surface area contributed by atoms with Crippen molar-refractivity contribution in [3.8, 4) is 0 Å². The van der Waals surface area contributed by atoms with E-state index in [2.05, 4.69) is 34.4 Å². The van der Waals surface area contributed by atoms with E-state index in [1.54, 1.807) is 0 Å². The number of morpholine rings is 1. The maximum absolute atomic E-state index is 11.4. The molecule has 188 valence electrons. The predicted octanol–water partition coefficient (Wildman–Crippen LogP) is 7.62. The Bertz CT molecular complexity index is 806. The van der Waals surface area contributed by atoms with Crippen LogP contribution in [0.2, 0.25) is 0 Å². The van der Waals surface area contributed by atoms with Gasteiger partial charge in [-0.15, -0.1) is 0 Å². The van der Waals surface area contributed by atoms with E-state index in [9.17, 15) is 4.79 Å². The number of aromatic nitrogens is 1. The summed E-state index contributed by atoms with van der Waals surface area (Å²) in [5.41, 5.74) is 2.66. The molecule has 1 amide bonds. The van der Waals surface area contributed by atoms with Gasteiger partial charge in [-0.1, -0.05) is 72.6 Å². The van der Waals surface area contributed by atoms with Gasteiger partial charge in [0.25, 0.3) is 0 Å². The second kappa shape index (κ2) is 21.2. The minimum absolute atomic E-state index is 0. The Balaban J connectivity index is -0.000000461. The van der Waals surface area contributed by atoms with Gasteiger partial charge in [-0.05, 0) is 45.5 Å². The summed E-state index contributed by atoms with van der Waals surface area (Å²) in [7, 11) is 0. The molecule has 1 saturated heterocycles. The van der Waals surface area contributed by atoms with E-state index in [-0.39, 0.29) is 28.2 Å². The molecule has 0 unspecified atom stereocenters. The average molecular weight is 460 g/mol. The first-order valence-electron chi connectivity index (χ1n) is 10.8. The van der Waals surface area contributed by atoms with Crippen molar-refractivity contribution in [1.29, 1.82) is 0 Å². The lowest BCUT2D eigenvalue weighted by Crippen LogP contribution is -2.31. The molecule has 1 fully saturated rings. The van der Waals surface area contributed by atoms with Crippen LogP contribution in [0.4, 0.5) is 5.69 Å². The van der Waals surface area contributed by atoms with Crippen LogP contribution in [-0.4, -0.2) is 42.1 Å². The molecule has 5 heteroatoms. The molecule has 0 spiro atoms. The number of fused-ring (bicyclic) bond motifs is 1. The zero-order chi connectivity index (χ0) is 22.2. The monoisotopic (exact) mass is 459 g/mol. The second-order valence-corrected chi connectivity index (χ2v) is 6.84. The second-order valence-electron chi connectivity index (χ2n) is 6.84. The number of para-hydroxylation sites is 1. The molecule has 1 aliphatic heterocycles. The van der Waals surface area contributed by atoms with E-state index in [0.717, 1.165) is 55.0 Å². The van der Waals surface area contributed by atoms with Crippen molar-refractivity contribution in [2.75, 3.05) is 31.6 Å². The first-order chi connectivity index (χ1) is 14.5. The molecule has 1 aromatic heterocycles. The number of allylic oxidation sites excluding steroid dienone is 3. The molecule has 0 bridgehead atoms. The molecule has 0 radical (unpaired) electrons. The van der Waals surface area contributed by atoms with Crippen molar-refractivity contribution in [2.24, 2.45) is 0 Å². The zero-order valence-electron chi connectivity index (χ0n) is 19.1. The van der Waals surface area contributed by atoms with Crippen LogP contribution in [0.15, 0.2) is 54.8 Å². The molecule has 1 aromatic carbocycles. The first kappa shape index (κ1) is 34.9. The lowest BCUT2D eigenvalue weighted by atomic mass is 10.1. The molecule has 5 nitrogen and oxygen atoms in total. The van der Waals surface area contributed by atoms with E-state index in [0.29, 0.717) is 6.42 Å². The fourth-order valence-corrected chi connectivity index (χ4v) is 2.63. The quantitative estimate of drug-likeness (QED) is 0.478. The third kappa shape index (κ3) is 14.2. The number of aryl methyl sites for hydroxylation is 1. The molecule has 2 heterocycles. The minimum atomic E-state index is 0. The van der Waals surface area contributed by atoms with Crippen LogP contribution in [0.5, 0.6) is 0 Å². The third-order valence-electron chi connectivity index (χ3n) is 4.37. The number of hydrogen-bond donors (Lipinski definition) is 1. The van der Waals surface area contributed by atoms with Crippen molar-refractivity contribution in [3.63, 3.8) is 0 Å². The topological polar surface area (TPSA) is 54.5 Å². The number of rotatable bonds is 4. The van der Waals surface area contributed by atoms with E-state index in [1.807, 2.05) is 70.2 Å². The van der Waals surface area contributed by atoms with Crippen molar-refractivity contribution < 1.29 is 9.53 Å². The number of carbonyl (C=O) groups excluding carboxylic acids is 1. The Morgan fingerprint density at radius 3 is 2.24 bits per heavy atom. The Labute approximate surface area is 203 Å². The smallest absolute Gasteiger partial charge is 0.224 e. The van der Waals surface area contributed by atoms with Crippen LogP contribution in [0.1, 0.15) is 68.5 Å². The molecule has 33 heavy (non-hydrogen) atoms. The van der Waals surface area contributed by atoms with E-state index < -0.39 is 0 Å². The van der Waals surface area contributed by atoms with Crippen LogP contribution in [0.25, 0.3) is 10.9 Å². The summed E-state index contributed by atoms with van der Waals surface area (Å²) in [6.07, 6.45) is 9.96. The zero-order valence-corrected chi connectivity index (χ0v) is 19.1. The van der Waals surface area contributed by atoms with Crippen LogP contribution in [0.3, 0.4) is 0 Å². The van der Waals surface area contributed by atoms with Gasteiger partial charge < -0.3 is 15.0 Å². The van der Waals surface area contributed by atoms with Crippen LogP contribution >= 0.6 is 0 Å². The summed E-state index contributed by atoms with van der Waals surface area (Å²) < 4.78 is 5.20. The number of nitrogens with zero attached hydrogens (tertiary/aromatic N) is 2. The molecule has 1 aliphatic rings. The number of hydrogen-bond acceptors (Lipinski definition) is 4. The number of ether oxygens (including phenoxy) is 1. The average Bonchev–Trinajstić information content (AvgIpc) is 2.78. The maximum atomic E-state index is 11.4. The molecule has 1 N–H and O–H groups in total. The summed E-state index contributed by atoms with van der Waals surface area (Å²) in [6.45, 7) is 13.8. The highest BCUT2D eigenvalue weighted by Crippen LogP contribution is 2.22. The van der Waals surface area contributed by atoms with Gasteiger partial charge in [-0.2, -0.15) is 0 Å². The molecule has 0 aliphatic carbocycles. The van der Waals surface area contributed by atoms with Gasteiger partial charge in [-0.3, -0.25) is 9.78 Å². The lowest BCUT2D eigenvalue weighted by molar-refractivity contribution is -0.115. The van der Waals surface area contributed by atoms with E-state index >= 15 is 0 Å². The minimum Gasteiger partial charge on any atom is -0.378 e. The standard InChI is InChI=1S/C13H14N2O.C8H15NO.C4H8.3CH4/c1-3-13(16)15-12-8-9(2)14-11-7-5-4-6-10(11)12;1-2-3-4-9-5-7-10-8-6-9;1-3-4-2;;;/h4-8H,3H2,1-2H3,(H,14,15,16);3-4H,2,5-8H2,1H3;3-4H,1-2H3;3*1H4. The Morgan fingerprint density at radius 2 is 1.70 bits per heavy atom. The summed E-state index contributed by atoms with van der Waals surface area (Å²) >= 11 is 0. The van der Waals surface area contributed by atoms with Crippen LogP contribution in [-0.2, 0) is 9.53 Å². The third-order valence-corrected chi connectivity index (χ3v) is 4.37. The van der Waals surface area contributed by atoms with Gasteiger partial charge in [0.15, 0.2) is 0 Å². The van der Waals surface area contributed by atoms with Crippen molar-refractivity contribution in [2.45, 2.75) is 69.7 Å². The van der Waals surface area contributed by atoms with E-state index in [1.165, 1.54) is 0 Å². The van der Waals surface area contributed by atoms with Gasteiger partial charge in [0.05, 0.1) is 24.4 Å². The summed E-state index contributed by atoms with van der Waals surface area (Å²) in [6, 6.07) is 9.70. The fourth-order valence-electron chi connectivity index (χ4n) is 2.63. The molecular formula is C28H49N3O2.